The zero-order valence-electron chi connectivity index (χ0n) is 19.3. The topological polar surface area (TPSA) is 86.1 Å². The fourth-order valence-electron chi connectivity index (χ4n) is 8.56. The van der Waals surface area contributed by atoms with Crippen LogP contribution in [0.5, 0.6) is 0 Å². The highest BCUT2D eigenvalue weighted by Crippen LogP contribution is 2.78. The van der Waals surface area contributed by atoms with Crippen LogP contribution in [0.25, 0.3) is 0 Å². The summed E-state index contributed by atoms with van der Waals surface area (Å²) in [5.41, 5.74) is -2.45. The molecule has 6 nitrogen and oxygen atoms in total. The molecule has 0 unspecified atom stereocenters. The van der Waals surface area contributed by atoms with Crippen molar-refractivity contribution in [2.45, 2.75) is 71.7 Å². The van der Waals surface area contributed by atoms with Gasteiger partial charge in [-0.2, -0.15) is 0 Å². The first-order valence-corrected chi connectivity index (χ1v) is 11.6. The van der Waals surface area contributed by atoms with Crippen molar-refractivity contribution >= 4 is 17.5 Å². The molecule has 0 aromatic carbocycles. The number of allylic oxidation sites excluding steroid dienone is 2. The maximum atomic E-state index is 14.1. The minimum absolute atomic E-state index is 0.0288. The highest BCUT2D eigenvalue weighted by Gasteiger charge is 2.88. The van der Waals surface area contributed by atoms with E-state index in [9.17, 15) is 14.4 Å². The van der Waals surface area contributed by atoms with Gasteiger partial charge in [0.2, 0.25) is 0 Å². The zero-order valence-corrected chi connectivity index (χ0v) is 19.3. The standard InChI is InChI=1S/C26H30O6/c1-22(2)16-12-18(28)25(5)15(23(16,3)9-7-17(22)27)6-10-24(4)19(14-8-11-30-13-14)31-21(29)20-26(24,25)32-20/h7-9,11,13,15-16,19-20H,6,10,12H2,1-5H3/t15-,16-,19-,20+,23-,24-,25-,26-/m0/s1. The van der Waals surface area contributed by atoms with Crippen molar-refractivity contribution < 1.29 is 28.3 Å². The van der Waals surface area contributed by atoms with Crippen LogP contribution < -0.4 is 0 Å². The van der Waals surface area contributed by atoms with E-state index in [4.69, 9.17) is 13.9 Å². The normalized spacial score (nSPS) is 50.6. The molecule has 1 aromatic rings. The third kappa shape index (κ3) is 1.92. The number of esters is 1. The van der Waals surface area contributed by atoms with Crippen LogP contribution in [0.2, 0.25) is 0 Å². The van der Waals surface area contributed by atoms with E-state index in [0.717, 1.165) is 18.4 Å². The second-order valence-corrected chi connectivity index (χ2v) is 11.8. The fourth-order valence-corrected chi connectivity index (χ4v) is 8.56. The summed E-state index contributed by atoms with van der Waals surface area (Å²) in [4.78, 5) is 39.8. The number of ether oxygens (including phenoxy) is 2. The van der Waals surface area contributed by atoms with E-state index in [-0.39, 0.29) is 28.8 Å². The predicted molar refractivity (Wildman–Crippen MR) is 113 cm³/mol. The number of rotatable bonds is 1. The van der Waals surface area contributed by atoms with Crippen LogP contribution in [0, 0.1) is 33.5 Å². The van der Waals surface area contributed by atoms with Crippen LogP contribution in [0.15, 0.2) is 35.2 Å². The van der Waals surface area contributed by atoms with Gasteiger partial charge in [0, 0.05) is 22.8 Å². The molecule has 0 radical (unpaired) electrons. The Morgan fingerprint density at radius 2 is 1.75 bits per heavy atom. The molecule has 0 amide bonds. The van der Waals surface area contributed by atoms with Crippen molar-refractivity contribution in [3.8, 4) is 0 Å². The Morgan fingerprint density at radius 3 is 2.44 bits per heavy atom. The fraction of sp³-hybridized carbons (Fsp3) is 0.654. The third-order valence-electron chi connectivity index (χ3n) is 10.3. The van der Waals surface area contributed by atoms with Crippen LogP contribution >= 0.6 is 0 Å². The Bertz CT molecular complexity index is 1080. The Kier molecular flexibility index (Phi) is 3.60. The van der Waals surface area contributed by atoms with Gasteiger partial charge in [-0.3, -0.25) is 9.59 Å². The van der Waals surface area contributed by atoms with Crippen LogP contribution in [-0.4, -0.2) is 29.2 Å². The van der Waals surface area contributed by atoms with Crippen molar-refractivity contribution in [1.82, 2.24) is 0 Å². The highest BCUT2D eigenvalue weighted by atomic mass is 16.7. The number of Topliss-reactive ketones (excluding diaryl/α,β-unsaturated/α-hetero) is 1. The molecule has 170 valence electrons. The lowest BCUT2D eigenvalue weighted by molar-refractivity contribution is -0.210. The quantitative estimate of drug-likeness (QED) is 0.483. The average molecular weight is 439 g/mol. The summed E-state index contributed by atoms with van der Waals surface area (Å²) in [6.07, 6.45) is 7.57. The first kappa shape index (κ1) is 20.4. The van der Waals surface area contributed by atoms with Gasteiger partial charge >= 0.3 is 5.97 Å². The van der Waals surface area contributed by atoms with Gasteiger partial charge in [0.1, 0.15) is 17.5 Å². The summed E-state index contributed by atoms with van der Waals surface area (Å²) in [5, 5.41) is 0. The van der Waals surface area contributed by atoms with E-state index in [1.165, 1.54) is 0 Å². The molecular formula is C26H30O6. The molecule has 8 atom stereocenters. The average Bonchev–Trinajstić information content (AvgIpc) is 3.30. The summed E-state index contributed by atoms with van der Waals surface area (Å²) in [7, 11) is 0. The molecule has 5 aliphatic rings. The van der Waals surface area contributed by atoms with Gasteiger partial charge < -0.3 is 13.9 Å². The number of epoxide rings is 1. The molecule has 3 aliphatic carbocycles. The van der Waals surface area contributed by atoms with Gasteiger partial charge in [0.25, 0.3) is 0 Å². The van der Waals surface area contributed by atoms with Crippen LogP contribution in [-0.2, 0) is 23.9 Å². The number of furan rings is 1. The second-order valence-electron chi connectivity index (χ2n) is 11.8. The number of carbonyl (C=O) groups excluding carboxylic acids is 3. The van der Waals surface area contributed by atoms with Crippen molar-refractivity contribution in [2.75, 3.05) is 0 Å². The number of carbonyl (C=O) groups is 3. The maximum Gasteiger partial charge on any atom is 0.339 e. The number of fused-ring (bicyclic) bond motifs is 3. The molecule has 0 N–H and O–H groups in total. The Labute approximate surface area is 187 Å². The summed E-state index contributed by atoms with van der Waals surface area (Å²) in [6, 6.07) is 1.83. The first-order chi connectivity index (χ1) is 14.9. The third-order valence-corrected chi connectivity index (χ3v) is 10.3. The van der Waals surface area contributed by atoms with Gasteiger partial charge in [-0.05, 0) is 49.2 Å². The summed E-state index contributed by atoms with van der Waals surface area (Å²) in [5.74, 6) is -0.312. The lowest BCUT2D eigenvalue weighted by Crippen LogP contribution is -2.71. The monoisotopic (exact) mass is 438 g/mol. The molecule has 6 rings (SSSR count). The van der Waals surface area contributed by atoms with Gasteiger partial charge in [-0.1, -0.05) is 33.8 Å². The summed E-state index contributed by atoms with van der Waals surface area (Å²) in [6.45, 7) is 10.2. The lowest BCUT2D eigenvalue weighted by Gasteiger charge is -2.66. The van der Waals surface area contributed by atoms with Gasteiger partial charge in [0.05, 0.1) is 17.9 Å². The second kappa shape index (κ2) is 5.64. The van der Waals surface area contributed by atoms with E-state index in [1.807, 2.05) is 32.9 Å². The highest BCUT2D eigenvalue weighted by molar-refractivity contribution is 5.98. The van der Waals surface area contributed by atoms with Crippen molar-refractivity contribution in [3.05, 3.63) is 36.3 Å². The van der Waals surface area contributed by atoms with E-state index in [1.54, 1.807) is 18.6 Å². The molecule has 0 bridgehead atoms. The minimum Gasteiger partial charge on any atom is -0.472 e. The van der Waals surface area contributed by atoms with Gasteiger partial charge in [0.15, 0.2) is 11.9 Å². The Morgan fingerprint density at radius 1 is 1.00 bits per heavy atom. The zero-order chi connectivity index (χ0) is 22.9. The van der Waals surface area contributed by atoms with Crippen LogP contribution in [0.4, 0.5) is 0 Å². The minimum atomic E-state index is -0.912. The smallest absolute Gasteiger partial charge is 0.339 e. The molecule has 32 heavy (non-hydrogen) atoms. The van der Waals surface area contributed by atoms with E-state index < -0.39 is 40.0 Å². The molecule has 3 heterocycles. The van der Waals surface area contributed by atoms with Crippen molar-refractivity contribution in [2.24, 2.45) is 33.5 Å². The molecule has 2 saturated carbocycles. The number of hydrogen-bond acceptors (Lipinski definition) is 6. The first-order valence-electron chi connectivity index (χ1n) is 11.6. The lowest BCUT2D eigenvalue weighted by atomic mass is 9.36. The summed E-state index contributed by atoms with van der Waals surface area (Å²) >= 11 is 0. The van der Waals surface area contributed by atoms with Crippen LogP contribution in [0.1, 0.15) is 65.5 Å². The van der Waals surface area contributed by atoms with Gasteiger partial charge in [-0.15, -0.1) is 0 Å². The molecule has 6 heteroatoms. The molecule has 2 saturated heterocycles. The van der Waals surface area contributed by atoms with Crippen molar-refractivity contribution in [1.29, 1.82) is 0 Å². The Balaban J connectivity index is 1.53. The van der Waals surface area contributed by atoms with Crippen LogP contribution in [0.3, 0.4) is 0 Å². The van der Waals surface area contributed by atoms with E-state index in [2.05, 4.69) is 13.8 Å². The van der Waals surface area contributed by atoms with E-state index in [0.29, 0.717) is 6.42 Å². The molecular weight excluding hydrogens is 408 g/mol. The number of hydrogen-bond donors (Lipinski definition) is 0. The predicted octanol–water partition coefficient (Wildman–Crippen LogP) is 4.20. The Hall–Kier alpha value is -2.21. The molecule has 4 fully saturated rings. The maximum absolute atomic E-state index is 14.1. The van der Waals surface area contributed by atoms with Crippen molar-refractivity contribution in [3.63, 3.8) is 0 Å². The number of cyclic esters (lactones) is 1. The SMILES string of the molecule is CC1(C)C(=O)C=C[C@]2(C)[C@H]1CC(=O)[C@]1(C)[C@H]2CC[C@@]2(C)[C@H](c3ccoc3)OC(=O)[C@H]3O[C@@]321. The molecule has 2 aliphatic heterocycles. The summed E-state index contributed by atoms with van der Waals surface area (Å²) < 4.78 is 17.5. The number of ketones is 2. The molecule has 1 aromatic heterocycles. The van der Waals surface area contributed by atoms with Gasteiger partial charge in [-0.25, -0.2) is 4.79 Å². The van der Waals surface area contributed by atoms with E-state index >= 15 is 0 Å². The largest absolute Gasteiger partial charge is 0.472 e. The molecule has 1 spiro atoms.